The van der Waals surface area contributed by atoms with Gasteiger partial charge in [0.15, 0.2) is 0 Å². The first-order chi connectivity index (χ1) is 9.54. The number of aryl methyl sites for hydroxylation is 1. The van der Waals surface area contributed by atoms with E-state index in [0.29, 0.717) is 17.3 Å². The lowest BCUT2D eigenvalue weighted by molar-refractivity contribution is 0.251. The number of carbonyl (C=O) groups is 1. The molecule has 20 heavy (non-hydrogen) atoms. The van der Waals surface area contributed by atoms with Crippen LogP contribution in [0.3, 0.4) is 0 Å². The molecule has 104 valence electrons. The second-order valence-corrected chi connectivity index (χ2v) is 5.72. The van der Waals surface area contributed by atoms with E-state index in [1.807, 2.05) is 43.3 Å². The minimum atomic E-state index is -0.257. The van der Waals surface area contributed by atoms with E-state index in [9.17, 15) is 4.79 Å². The number of benzene rings is 2. The number of nitrogens with one attached hydrogen (secondary N) is 2. The van der Waals surface area contributed by atoms with Crippen LogP contribution in [0.1, 0.15) is 11.1 Å². The predicted octanol–water partition coefficient (Wildman–Crippen LogP) is 4.73. The molecule has 3 nitrogen and oxygen atoms in total. The van der Waals surface area contributed by atoms with Crippen LogP contribution >= 0.6 is 27.5 Å². The maximum Gasteiger partial charge on any atom is 0.319 e. The van der Waals surface area contributed by atoms with E-state index >= 15 is 0 Å². The van der Waals surface area contributed by atoms with E-state index < -0.39 is 0 Å². The minimum absolute atomic E-state index is 0.257. The highest BCUT2D eigenvalue weighted by Gasteiger charge is 2.03. The van der Waals surface area contributed by atoms with Crippen molar-refractivity contribution in [2.75, 3.05) is 5.32 Å². The lowest BCUT2D eigenvalue weighted by Gasteiger charge is -2.09. The first-order valence-corrected chi connectivity index (χ1v) is 7.27. The quantitative estimate of drug-likeness (QED) is 0.822. The third kappa shape index (κ3) is 4.25. The summed E-state index contributed by atoms with van der Waals surface area (Å²) in [5, 5.41) is 6.18. The molecule has 0 saturated carbocycles. The Balaban J connectivity index is 1.89. The van der Waals surface area contributed by atoms with Crippen molar-refractivity contribution in [2.24, 2.45) is 0 Å². The summed E-state index contributed by atoms with van der Waals surface area (Å²) in [4.78, 5) is 11.8. The van der Waals surface area contributed by atoms with Gasteiger partial charge in [-0.05, 0) is 42.3 Å². The SMILES string of the molecule is Cc1ccc(NC(=O)NCc2ccc(Br)cc2)cc1Cl. The highest BCUT2D eigenvalue weighted by atomic mass is 79.9. The van der Waals surface area contributed by atoms with Crippen molar-refractivity contribution in [2.45, 2.75) is 13.5 Å². The summed E-state index contributed by atoms with van der Waals surface area (Å²) in [6.45, 7) is 2.39. The molecule has 0 heterocycles. The molecule has 0 fully saturated rings. The predicted molar refractivity (Wildman–Crippen MR) is 86.2 cm³/mol. The van der Waals surface area contributed by atoms with E-state index in [0.717, 1.165) is 15.6 Å². The van der Waals surface area contributed by atoms with Crippen molar-refractivity contribution in [3.05, 3.63) is 63.1 Å². The van der Waals surface area contributed by atoms with Crippen molar-refractivity contribution in [3.8, 4) is 0 Å². The van der Waals surface area contributed by atoms with Crippen LogP contribution in [0.4, 0.5) is 10.5 Å². The summed E-state index contributed by atoms with van der Waals surface area (Å²) in [6, 6.07) is 12.9. The van der Waals surface area contributed by atoms with Gasteiger partial charge in [-0.2, -0.15) is 0 Å². The standard InChI is InChI=1S/C15H14BrClN2O/c1-10-2-7-13(8-14(10)17)19-15(20)18-9-11-3-5-12(16)6-4-11/h2-8H,9H2,1H3,(H2,18,19,20). The molecule has 2 aromatic carbocycles. The molecule has 0 saturated heterocycles. The van der Waals surface area contributed by atoms with Crippen molar-refractivity contribution in [3.63, 3.8) is 0 Å². The van der Waals surface area contributed by atoms with Crippen LogP contribution in [0.15, 0.2) is 46.9 Å². The lowest BCUT2D eigenvalue weighted by Crippen LogP contribution is -2.28. The first-order valence-electron chi connectivity index (χ1n) is 6.10. The molecule has 0 bridgehead atoms. The number of hydrogen-bond acceptors (Lipinski definition) is 1. The van der Waals surface area contributed by atoms with Gasteiger partial charge in [0.05, 0.1) is 0 Å². The average molecular weight is 354 g/mol. The maximum absolute atomic E-state index is 11.8. The van der Waals surface area contributed by atoms with Gasteiger partial charge in [0.25, 0.3) is 0 Å². The highest BCUT2D eigenvalue weighted by Crippen LogP contribution is 2.19. The molecule has 0 unspecified atom stereocenters. The number of anilines is 1. The molecule has 5 heteroatoms. The number of halogens is 2. The zero-order chi connectivity index (χ0) is 14.5. The first kappa shape index (κ1) is 14.9. The molecule has 0 spiro atoms. The molecule has 0 radical (unpaired) electrons. The third-order valence-corrected chi connectivity index (χ3v) is 3.73. The van der Waals surface area contributed by atoms with Gasteiger partial charge in [-0.25, -0.2) is 4.79 Å². The smallest absolute Gasteiger partial charge is 0.319 e. The average Bonchev–Trinajstić information content (AvgIpc) is 2.42. The fourth-order valence-corrected chi connectivity index (χ4v) is 2.08. The Morgan fingerprint density at radius 3 is 2.55 bits per heavy atom. The Kier molecular flexibility index (Phi) is 5.04. The van der Waals surface area contributed by atoms with Crippen LogP contribution in [0, 0.1) is 6.92 Å². The number of carbonyl (C=O) groups excluding carboxylic acids is 1. The topological polar surface area (TPSA) is 41.1 Å². The Bertz CT molecular complexity index is 614. The van der Waals surface area contributed by atoms with Gasteiger partial charge in [0, 0.05) is 21.7 Å². The monoisotopic (exact) mass is 352 g/mol. The van der Waals surface area contributed by atoms with Gasteiger partial charge in [0.1, 0.15) is 0 Å². The fourth-order valence-electron chi connectivity index (χ4n) is 1.63. The molecule has 2 rings (SSSR count). The molecule has 0 atom stereocenters. The van der Waals surface area contributed by atoms with Crippen molar-refractivity contribution in [1.82, 2.24) is 5.32 Å². The molecule has 0 aliphatic rings. The third-order valence-electron chi connectivity index (χ3n) is 2.80. The lowest BCUT2D eigenvalue weighted by atomic mass is 10.2. The van der Waals surface area contributed by atoms with Gasteiger partial charge < -0.3 is 10.6 Å². The molecular weight excluding hydrogens is 340 g/mol. The number of urea groups is 1. The summed E-state index contributed by atoms with van der Waals surface area (Å²) >= 11 is 9.38. The highest BCUT2D eigenvalue weighted by molar-refractivity contribution is 9.10. The summed E-state index contributed by atoms with van der Waals surface area (Å²) in [5.41, 5.74) is 2.69. The largest absolute Gasteiger partial charge is 0.334 e. The fraction of sp³-hybridized carbons (Fsp3) is 0.133. The summed E-state index contributed by atoms with van der Waals surface area (Å²) in [6.07, 6.45) is 0. The van der Waals surface area contributed by atoms with Gasteiger partial charge in [-0.3, -0.25) is 0 Å². The van der Waals surface area contributed by atoms with Gasteiger partial charge >= 0.3 is 6.03 Å². The van der Waals surface area contributed by atoms with Gasteiger partial charge in [-0.15, -0.1) is 0 Å². The van der Waals surface area contributed by atoms with Crippen LogP contribution < -0.4 is 10.6 Å². The summed E-state index contributed by atoms with van der Waals surface area (Å²) < 4.78 is 1.01. The second-order valence-electron chi connectivity index (χ2n) is 4.40. The summed E-state index contributed by atoms with van der Waals surface area (Å²) in [7, 11) is 0. The zero-order valence-electron chi connectivity index (χ0n) is 10.9. The van der Waals surface area contributed by atoms with Crippen LogP contribution in [-0.2, 0) is 6.54 Å². The van der Waals surface area contributed by atoms with Crippen LogP contribution in [0.5, 0.6) is 0 Å². The van der Waals surface area contributed by atoms with Crippen LogP contribution in [-0.4, -0.2) is 6.03 Å². The summed E-state index contributed by atoms with van der Waals surface area (Å²) in [5.74, 6) is 0. The van der Waals surface area contributed by atoms with Gasteiger partial charge in [-0.1, -0.05) is 45.7 Å². The van der Waals surface area contributed by atoms with E-state index in [1.54, 1.807) is 6.07 Å². The number of hydrogen-bond donors (Lipinski definition) is 2. The van der Waals surface area contributed by atoms with Crippen molar-refractivity contribution < 1.29 is 4.79 Å². The Morgan fingerprint density at radius 1 is 1.20 bits per heavy atom. The Labute approximate surface area is 131 Å². The molecule has 0 aromatic heterocycles. The normalized spacial score (nSPS) is 10.2. The Morgan fingerprint density at radius 2 is 1.90 bits per heavy atom. The van der Waals surface area contributed by atoms with Crippen LogP contribution in [0.2, 0.25) is 5.02 Å². The number of amides is 2. The van der Waals surface area contributed by atoms with E-state index in [4.69, 9.17) is 11.6 Å². The maximum atomic E-state index is 11.8. The molecule has 0 aliphatic carbocycles. The Hall–Kier alpha value is -1.52. The van der Waals surface area contributed by atoms with Crippen molar-refractivity contribution in [1.29, 1.82) is 0 Å². The molecule has 0 aliphatic heterocycles. The van der Waals surface area contributed by atoms with Gasteiger partial charge in [0.2, 0.25) is 0 Å². The molecule has 2 aromatic rings. The molecular formula is C15H14BrClN2O. The van der Waals surface area contributed by atoms with E-state index in [1.165, 1.54) is 0 Å². The molecule has 2 amide bonds. The van der Waals surface area contributed by atoms with E-state index in [-0.39, 0.29) is 6.03 Å². The van der Waals surface area contributed by atoms with Crippen LogP contribution in [0.25, 0.3) is 0 Å². The zero-order valence-corrected chi connectivity index (χ0v) is 13.3. The number of rotatable bonds is 3. The second kappa shape index (κ2) is 6.77. The van der Waals surface area contributed by atoms with E-state index in [2.05, 4.69) is 26.6 Å². The molecule has 2 N–H and O–H groups in total. The van der Waals surface area contributed by atoms with Crippen molar-refractivity contribution >= 4 is 39.2 Å². The minimum Gasteiger partial charge on any atom is -0.334 e.